The zero-order valence-corrected chi connectivity index (χ0v) is 13.2. The third-order valence-electron chi connectivity index (χ3n) is 3.38. The molecule has 1 rings (SSSR count). The molecule has 1 fully saturated rings. The Balaban J connectivity index is 2.91. The molecule has 5 nitrogen and oxygen atoms in total. The van der Waals surface area contributed by atoms with Crippen LogP contribution in [0.5, 0.6) is 0 Å². The second-order valence-corrected chi connectivity index (χ2v) is 8.41. The van der Waals surface area contributed by atoms with Crippen LogP contribution in [0.4, 0.5) is 0 Å². The monoisotopic (exact) mass is 277 g/mol. The number of nitrogens with one attached hydrogen (secondary N) is 1. The van der Waals surface area contributed by atoms with E-state index in [9.17, 15) is 8.42 Å². The van der Waals surface area contributed by atoms with E-state index in [-0.39, 0.29) is 11.6 Å². The molecule has 1 aliphatic heterocycles. The number of hydrogen-bond acceptors (Lipinski definition) is 3. The molecule has 1 aliphatic rings. The fourth-order valence-electron chi connectivity index (χ4n) is 2.32. The third-order valence-corrected chi connectivity index (χ3v) is 5.50. The normalized spacial score (nSPS) is 25.9. The molecule has 0 bridgehead atoms. The van der Waals surface area contributed by atoms with E-state index in [4.69, 9.17) is 0 Å². The van der Waals surface area contributed by atoms with Gasteiger partial charge in [0.05, 0.1) is 0 Å². The molecule has 1 unspecified atom stereocenters. The molecule has 6 heteroatoms. The lowest BCUT2D eigenvalue weighted by Crippen LogP contribution is -2.65. The molecule has 1 N–H and O–H groups in total. The summed E-state index contributed by atoms with van der Waals surface area (Å²) in [5.74, 6) is 0.563. The van der Waals surface area contributed by atoms with Crippen LogP contribution in [-0.2, 0) is 10.2 Å². The largest absolute Gasteiger partial charge is 0.311 e. The zero-order chi connectivity index (χ0) is 14.1. The van der Waals surface area contributed by atoms with E-state index < -0.39 is 10.2 Å². The van der Waals surface area contributed by atoms with Gasteiger partial charge in [-0.1, -0.05) is 13.8 Å². The van der Waals surface area contributed by atoms with Crippen molar-refractivity contribution in [2.75, 3.05) is 27.2 Å². The van der Waals surface area contributed by atoms with Gasteiger partial charge >= 0.3 is 0 Å². The Labute approximate surface area is 112 Å². The number of rotatable bonds is 4. The van der Waals surface area contributed by atoms with Crippen molar-refractivity contribution < 1.29 is 8.42 Å². The Morgan fingerprint density at radius 2 is 1.94 bits per heavy atom. The van der Waals surface area contributed by atoms with Crippen LogP contribution in [0.15, 0.2) is 0 Å². The van der Waals surface area contributed by atoms with E-state index in [0.717, 1.165) is 6.42 Å². The highest BCUT2D eigenvalue weighted by atomic mass is 32.2. The summed E-state index contributed by atoms with van der Waals surface area (Å²) in [7, 11) is -0.173. The van der Waals surface area contributed by atoms with Crippen LogP contribution in [0.3, 0.4) is 0 Å². The van der Waals surface area contributed by atoms with Crippen LogP contribution < -0.4 is 5.32 Å². The van der Waals surface area contributed by atoms with Crippen molar-refractivity contribution in [3.63, 3.8) is 0 Å². The van der Waals surface area contributed by atoms with E-state index in [0.29, 0.717) is 19.0 Å². The van der Waals surface area contributed by atoms with Gasteiger partial charge in [0.2, 0.25) is 0 Å². The maximum absolute atomic E-state index is 12.4. The summed E-state index contributed by atoms with van der Waals surface area (Å²) in [5.41, 5.74) is -0.378. The molecule has 0 spiro atoms. The van der Waals surface area contributed by atoms with Gasteiger partial charge in [0.15, 0.2) is 0 Å². The van der Waals surface area contributed by atoms with Crippen LogP contribution >= 0.6 is 0 Å². The van der Waals surface area contributed by atoms with Crippen LogP contribution in [0.1, 0.15) is 34.1 Å². The summed E-state index contributed by atoms with van der Waals surface area (Å²) in [6, 6.07) is 0.243. The highest BCUT2D eigenvalue weighted by Gasteiger charge is 2.42. The lowest BCUT2D eigenvalue weighted by Gasteiger charge is -2.46. The Hall–Kier alpha value is -0.170. The highest BCUT2D eigenvalue weighted by molar-refractivity contribution is 7.86. The molecule has 0 radical (unpaired) electrons. The van der Waals surface area contributed by atoms with Crippen molar-refractivity contribution in [3.8, 4) is 0 Å². The van der Waals surface area contributed by atoms with E-state index in [1.807, 2.05) is 13.8 Å². The first-order valence-corrected chi connectivity index (χ1v) is 7.90. The van der Waals surface area contributed by atoms with Crippen LogP contribution in [0.2, 0.25) is 0 Å². The van der Waals surface area contributed by atoms with Crippen LogP contribution in [0, 0.1) is 5.92 Å². The second-order valence-electron chi connectivity index (χ2n) is 6.34. The first-order valence-electron chi connectivity index (χ1n) is 6.51. The average Bonchev–Trinajstić information content (AvgIpc) is 2.19. The molecule has 0 amide bonds. The van der Waals surface area contributed by atoms with Crippen molar-refractivity contribution in [1.29, 1.82) is 0 Å². The second kappa shape index (κ2) is 5.45. The van der Waals surface area contributed by atoms with E-state index in [2.05, 4.69) is 19.2 Å². The zero-order valence-electron chi connectivity index (χ0n) is 12.4. The van der Waals surface area contributed by atoms with E-state index in [1.165, 1.54) is 4.31 Å². The molecule has 1 heterocycles. The first-order chi connectivity index (χ1) is 8.07. The molecule has 0 aromatic carbocycles. The summed E-state index contributed by atoms with van der Waals surface area (Å²) in [4.78, 5) is 0. The van der Waals surface area contributed by atoms with Gasteiger partial charge in [-0.3, -0.25) is 0 Å². The van der Waals surface area contributed by atoms with Gasteiger partial charge in [0.25, 0.3) is 10.2 Å². The van der Waals surface area contributed by atoms with Gasteiger partial charge in [-0.2, -0.15) is 17.0 Å². The Bertz CT molecular complexity index is 377. The summed E-state index contributed by atoms with van der Waals surface area (Å²) >= 11 is 0. The minimum Gasteiger partial charge on any atom is -0.311 e. The summed E-state index contributed by atoms with van der Waals surface area (Å²) in [5, 5.41) is 3.46. The van der Waals surface area contributed by atoms with E-state index >= 15 is 0 Å². The number of hydrogen-bond donors (Lipinski definition) is 1. The molecule has 108 valence electrons. The van der Waals surface area contributed by atoms with Gasteiger partial charge in [0.1, 0.15) is 0 Å². The minimum absolute atomic E-state index is 0.243. The van der Waals surface area contributed by atoms with Crippen molar-refractivity contribution >= 4 is 10.2 Å². The number of piperazine rings is 1. The van der Waals surface area contributed by atoms with E-state index in [1.54, 1.807) is 18.4 Å². The van der Waals surface area contributed by atoms with Gasteiger partial charge in [-0.15, -0.1) is 0 Å². The smallest absolute Gasteiger partial charge is 0.282 e. The molecule has 0 aliphatic carbocycles. The topological polar surface area (TPSA) is 52.7 Å². The molecule has 0 aromatic heterocycles. The van der Waals surface area contributed by atoms with Gasteiger partial charge in [-0.05, 0) is 26.2 Å². The Kier molecular flexibility index (Phi) is 4.81. The fourth-order valence-corrected chi connectivity index (χ4v) is 3.78. The fraction of sp³-hybridized carbons (Fsp3) is 1.00. The first kappa shape index (κ1) is 15.9. The maximum Gasteiger partial charge on any atom is 0.282 e. The Morgan fingerprint density at radius 3 is 2.39 bits per heavy atom. The van der Waals surface area contributed by atoms with Crippen LogP contribution in [-0.4, -0.2) is 55.8 Å². The maximum atomic E-state index is 12.4. The molecule has 18 heavy (non-hydrogen) atoms. The van der Waals surface area contributed by atoms with Crippen molar-refractivity contribution in [2.45, 2.75) is 45.7 Å². The lowest BCUT2D eigenvalue weighted by molar-refractivity contribution is 0.137. The summed E-state index contributed by atoms with van der Waals surface area (Å²) < 4.78 is 27.6. The SMILES string of the molecule is CC(C)CC1CN(S(=O)(=O)N(C)C)C(C)(C)CN1. The van der Waals surface area contributed by atoms with Crippen molar-refractivity contribution in [2.24, 2.45) is 5.92 Å². The molecular formula is C12H27N3O2S. The minimum atomic E-state index is -3.35. The average molecular weight is 277 g/mol. The predicted octanol–water partition coefficient (Wildman–Crippen LogP) is 0.891. The highest BCUT2D eigenvalue weighted by Crippen LogP contribution is 2.25. The molecule has 0 aromatic rings. The Morgan fingerprint density at radius 1 is 1.39 bits per heavy atom. The predicted molar refractivity (Wildman–Crippen MR) is 74.6 cm³/mol. The molecule has 1 saturated heterocycles. The standard InChI is InChI=1S/C12H27N3O2S/c1-10(2)7-11-8-15(12(3,4)9-13-11)18(16,17)14(5)6/h10-11,13H,7-9H2,1-6H3. The molecular weight excluding hydrogens is 250 g/mol. The van der Waals surface area contributed by atoms with Gasteiger partial charge < -0.3 is 5.32 Å². The quantitative estimate of drug-likeness (QED) is 0.830. The van der Waals surface area contributed by atoms with Gasteiger partial charge in [0, 0.05) is 38.8 Å². The summed E-state index contributed by atoms with van der Waals surface area (Å²) in [6.45, 7) is 9.49. The van der Waals surface area contributed by atoms with Crippen molar-refractivity contribution in [1.82, 2.24) is 13.9 Å². The third kappa shape index (κ3) is 3.44. The molecule has 1 atom stereocenters. The lowest BCUT2D eigenvalue weighted by atomic mass is 9.96. The van der Waals surface area contributed by atoms with Crippen molar-refractivity contribution in [3.05, 3.63) is 0 Å². The molecule has 0 saturated carbocycles. The number of nitrogens with zero attached hydrogens (tertiary/aromatic N) is 2. The summed E-state index contributed by atoms with van der Waals surface area (Å²) in [6.07, 6.45) is 0.996. The van der Waals surface area contributed by atoms with Gasteiger partial charge in [-0.25, -0.2) is 0 Å². The van der Waals surface area contributed by atoms with Crippen LogP contribution in [0.25, 0.3) is 0 Å².